The van der Waals surface area contributed by atoms with Crippen LogP contribution < -0.4 is 10.4 Å². The van der Waals surface area contributed by atoms with Crippen LogP contribution in [0.3, 0.4) is 0 Å². The van der Waals surface area contributed by atoms with Crippen molar-refractivity contribution in [3.05, 3.63) is 86.0 Å². The number of azo groups is 1. The summed E-state index contributed by atoms with van der Waals surface area (Å²) in [7, 11) is 0. The third-order valence-corrected chi connectivity index (χ3v) is 3.54. The van der Waals surface area contributed by atoms with Crippen molar-refractivity contribution < 1.29 is 34.5 Å². The van der Waals surface area contributed by atoms with Gasteiger partial charge in [0.05, 0.1) is 33.5 Å². The van der Waals surface area contributed by atoms with Crippen LogP contribution in [0.25, 0.3) is 0 Å². The van der Waals surface area contributed by atoms with Crippen molar-refractivity contribution in [2.75, 3.05) is 0 Å². The number of hydrogen-bond acceptors (Lipinski definition) is 9. The minimum Gasteiger partial charge on any atom is -0.857 e. The van der Waals surface area contributed by atoms with E-state index in [9.17, 15) is 9.90 Å². The third-order valence-electron chi connectivity index (χ3n) is 3.54. The van der Waals surface area contributed by atoms with Crippen LogP contribution >= 0.6 is 0 Å². The second-order valence-corrected chi connectivity index (χ2v) is 5.43. The number of amides is 1. The maximum Gasteiger partial charge on any atom is 2.00 e. The standard InChI is InChI=1S/C17H15N5O2.NO3.Zn/c1-10-14-8-5-9-15(18-14)11(2)20-22-17(24)13-7-4-3-6-12(13)16(23)21-19-10;2-1(3)4;/h3-9,18H,1-2H3,(H,21,23);;/q;-1;+2/p-1. The summed E-state index contributed by atoms with van der Waals surface area (Å²) in [5.74, 6) is -1.21. The number of rotatable bonds is 0. The SMILES string of the molecule is CC1=NN=C([O-])c2ccccc2C(=O)N=NC(C)=C2C=CC=C1N2.O=[N+]([O-])[O-].[Zn+2]. The van der Waals surface area contributed by atoms with E-state index in [1.54, 1.807) is 26.0 Å². The summed E-state index contributed by atoms with van der Waals surface area (Å²) >= 11 is 0. The number of allylic oxidation sites excluding steroid dienone is 5. The van der Waals surface area contributed by atoms with Crippen molar-refractivity contribution in [2.45, 2.75) is 13.8 Å². The molecule has 0 aromatic heterocycles. The molecule has 0 aliphatic carbocycles. The number of carbonyl (C=O) groups excluding carboxylic acids is 1. The molecule has 3 rings (SSSR count). The van der Waals surface area contributed by atoms with Gasteiger partial charge in [-0.3, -0.25) is 4.79 Å². The van der Waals surface area contributed by atoms with Gasteiger partial charge in [-0.2, -0.15) is 10.2 Å². The Bertz CT molecular complexity index is 990. The number of hydrogen-bond donors (Lipinski definition) is 1. The van der Waals surface area contributed by atoms with E-state index in [1.165, 1.54) is 12.1 Å². The van der Waals surface area contributed by atoms with Crippen molar-refractivity contribution >= 4 is 17.5 Å². The molecule has 144 valence electrons. The molecule has 29 heavy (non-hydrogen) atoms. The molecule has 2 aliphatic heterocycles. The monoisotopic (exact) mass is 446 g/mol. The normalized spacial score (nSPS) is 15.4. The van der Waals surface area contributed by atoms with E-state index in [0.29, 0.717) is 22.8 Å². The number of carbonyl (C=O) groups is 1. The number of dihydropyridines is 1. The predicted octanol–water partition coefficient (Wildman–Crippen LogP) is 1.81. The van der Waals surface area contributed by atoms with Gasteiger partial charge in [-0.15, -0.1) is 10.2 Å². The van der Waals surface area contributed by atoms with Crippen molar-refractivity contribution in [2.24, 2.45) is 20.4 Å². The molecule has 0 saturated heterocycles. The molecule has 2 aliphatic rings. The fourth-order valence-electron chi connectivity index (χ4n) is 2.20. The zero-order valence-electron chi connectivity index (χ0n) is 15.5. The average Bonchev–Trinajstić information content (AvgIpc) is 2.69. The Balaban J connectivity index is 0.000000771. The number of benzene rings is 1. The van der Waals surface area contributed by atoms with Crippen LogP contribution in [0.4, 0.5) is 0 Å². The average molecular weight is 448 g/mol. The van der Waals surface area contributed by atoms with Crippen LogP contribution in [0.2, 0.25) is 0 Å². The molecule has 11 nitrogen and oxygen atoms in total. The van der Waals surface area contributed by atoms with Crippen LogP contribution in [0, 0.1) is 15.3 Å². The van der Waals surface area contributed by atoms with Crippen molar-refractivity contribution in [1.82, 2.24) is 5.32 Å². The molecule has 0 spiro atoms. The zero-order valence-corrected chi connectivity index (χ0v) is 18.5. The van der Waals surface area contributed by atoms with Crippen LogP contribution in [-0.2, 0) is 19.5 Å². The van der Waals surface area contributed by atoms with Crippen molar-refractivity contribution in [3.63, 3.8) is 0 Å². The van der Waals surface area contributed by atoms with E-state index < -0.39 is 16.9 Å². The molecule has 2 bridgehead atoms. The first-order valence-electron chi connectivity index (χ1n) is 7.82. The van der Waals surface area contributed by atoms with E-state index in [2.05, 4.69) is 25.7 Å². The maximum atomic E-state index is 12.3. The van der Waals surface area contributed by atoms with E-state index in [0.717, 1.165) is 0 Å². The molecule has 2 heterocycles. The van der Waals surface area contributed by atoms with Crippen LogP contribution in [0.1, 0.15) is 29.8 Å². The molecule has 1 amide bonds. The van der Waals surface area contributed by atoms with E-state index in [1.807, 2.05) is 18.2 Å². The van der Waals surface area contributed by atoms with E-state index in [4.69, 9.17) is 15.3 Å². The smallest absolute Gasteiger partial charge is 0.857 e. The van der Waals surface area contributed by atoms with Gasteiger partial charge in [0.15, 0.2) is 0 Å². The third kappa shape index (κ3) is 6.54. The first-order valence-corrected chi connectivity index (χ1v) is 7.82. The predicted molar refractivity (Wildman–Crippen MR) is 98.7 cm³/mol. The van der Waals surface area contributed by atoms with Gasteiger partial charge >= 0.3 is 19.5 Å². The molecule has 0 radical (unpaired) electrons. The molecule has 0 saturated carbocycles. The second-order valence-electron chi connectivity index (χ2n) is 5.43. The van der Waals surface area contributed by atoms with Crippen molar-refractivity contribution in [1.29, 1.82) is 0 Å². The van der Waals surface area contributed by atoms with Gasteiger partial charge in [0.1, 0.15) is 0 Å². The first kappa shape index (κ1) is 23.5. The Hall–Kier alpha value is -3.53. The van der Waals surface area contributed by atoms with Gasteiger partial charge in [0.25, 0.3) is 5.91 Å². The number of nitrogens with zero attached hydrogens (tertiary/aromatic N) is 5. The molecule has 0 atom stereocenters. The van der Waals surface area contributed by atoms with Crippen LogP contribution in [0.15, 0.2) is 80.0 Å². The number of nitrogens with one attached hydrogen (secondary N) is 1. The van der Waals surface area contributed by atoms with Gasteiger partial charge in [-0.25, -0.2) is 0 Å². The molecule has 0 fully saturated rings. The molecule has 1 N–H and O–H groups in total. The maximum absolute atomic E-state index is 12.3. The Kier molecular flexibility index (Phi) is 8.69. The minimum absolute atomic E-state index is 0. The Morgan fingerprint density at radius 3 is 2.31 bits per heavy atom. The summed E-state index contributed by atoms with van der Waals surface area (Å²) in [5.41, 5.74) is 2.75. The largest absolute Gasteiger partial charge is 2.00 e. The Morgan fingerprint density at radius 1 is 1.03 bits per heavy atom. The van der Waals surface area contributed by atoms with E-state index >= 15 is 0 Å². The van der Waals surface area contributed by atoms with E-state index in [-0.39, 0.29) is 30.6 Å². The molecule has 1 aromatic rings. The summed E-state index contributed by atoms with van der Waals surface area (Å²) in [5, 5.41) is 45.5. The molecule has 1 aromatic carbocycles. The summed E-state index contributed by atoms with van der Waals surface area (Å²) in [6, 6.07) is 6.34. The van der Waals surface area contributed by atoms with Gasteiger partial charge in [-0.05, 0) is 37.6 Å². The first-order chi connectivity index (χ1) is 13.3. The summed E-state index contributed by atoms with van der Waals surface area (Å²) in [6.45, 7) is 3.47. The van der Waals surface area contributed by atoms with Gasteiger partial charge < -0.3 is 25.7 Å². The Morgan fingerprint density at radius 2 is 1.66 bits per heavy atom. The number of fused-ring (bicyclic) bond motifs is 3. The fourth-order valence-corrected chi connectivity index (χ4v) is 2.20. The topological polar surface area (TPSA) is 168 Å². The van der Waals surface area contributed by atoms with Gasteiger partial charge in [0, 0.05) is 5.90 Å². The van der Waals surface area contributed by atoms with Crippen molar-refractivity contribution in [3.8, 4) is 0 Å². The zero-order chi connectivity index (χ0) is 20.7. The summed E-state index contributed by atoms with van der Waals surface area (Å²) in [4.78, 5) is 20.5. The second kappa shape index (κ2) is 10.7. The Labute approximate surface area is 177 Å². The van der Waals surface area contributed by atoms with Gasteiger partial charge in [0.2, 0.25) is 0 Å². The minimum atomic E-state index is -1.75. The molecular weight excluding hydrogens is 434 g/mol. The van der Waals surface area contributed by atoms with Crippen LogP contribution in [0.5, 0.6) is 0 Å². The summed E-state index contributed by atoms with van der Waals surface area (Å²) in [6.07, 6.45) is 5.44. The fraction of sp³-hybridized carbons (Fsp3) is 0.118. The summed E-state index contributed by atoms with van der Waals surface area (Å²) < 4.78 is 0. The van der Waals surface area contributed by atoms with Gasteiger partial charge in [-0.1, -0.05) is 24.3 Å². The molecule has 0 unspecified atom stereocenters. The molecule has 12 heteroatoms. The quantitative estimate of drug-likeness (QED) is 0.361. The van der Waals surface area contributed by atoms with Crippen LogP contribution in [-0.4, -0.2) is 22.6 Å². The molecular formula is C17H14N6O5Zn.